The summed E-state index contributed by atoms with van der Waals surface area (Å²) in [5, 5.41) is 1.15. The molecule has 3 aromatic rings. The van der Waals surface area contributed by atoms with Crippen molar-refractivity contribution in [3.63, 3.8) is 0 Å². The van der Waals surface area contributed by atoms with Crippen molar-refractivity contribution < 1.29 is 9.59 Å². The monoisotopic (exact) mass is 432 g/mol. The fraction of sp³-hybridized carbons (Fsp3) is 0.292. The average molecular weight is 433 g/mol. The van der Waals surface area contributed by atoms with Crippen LogP contribution in [-0.4, -0.2) is 65.1 Å². The molecule has 0 radical (unpaired) electrons. The number of anilines is 1. The van der Waals surface area contributed by atoms with Crippen LogP contribution >= 0.6 is 11.8 Å². The maximum absolute atomic E-state index is 13.0. The van der Waals surface area contributed by atoms with Crippen LogP contribution in [0.15, 0.2) is 65.7 Å². The molecule has 3 heterocycles. The van der Waals surface area contributed by atoms with Crippen molar-refractivity contribution in [3.05, 3.63) is 66.4 Å². The Kier molecular flexibility index (Phi) is 5.61. The molecule has 2 aromatic carbocycles. The number of benzene rings is 2. The fourth-order valence-corrected chi connectivity index (χ4v) is 5.19. The van der Waals surface area contributed by atoms with Crippen molar-refractivity contribution in [1.82, 2.24) is 14.8 Å². The number of piperazine rings is 1. The third-order valence-corrected chi connectivity index (χ3v) is 6.98. The molecule has 1 saturated heterocycles. The van der Waals surface area contributed by atoms with Gasteiger partial charge in [0.1, 0.15) is 6.54 Å². The first-order chi connectivity index (χ1) is 15.2. The first-order valence-electron chi connectivity index (χ1n) is 10.5. The molecule has 2 aliphatic rings. The van der Waals surface area contributed by atoms with E-state index in [-0.39, 0.29) is 18.4 Å². The molecule has 0 aliphatic carbocycles. The lowest BCUT2D eigenvalue weighted by atomic mass is 10.1. The van der Waals surface area contributed by atoms with Crippen LogP contribution in [0.5, 0.6) is 0 Å². The minimum atomic E-state index is -0.000795. The van der Waals surface area contributed by atoms with Gasteiger partial charge in [0, 0.05) is 49.2 Å². The Morgan fingerprint density at radius 1 is 0.968 bits per heavy atom. The summed E-state index contributed by atoms with van der Waals surface area (Å²) in [7, 11) is 0. The Morgan fingerprint density at radius 3 is 2.65 bits per heavy atom. The van der Waals surface area contributed by atoms with Gasteiger partial charge in [0.25, 0.3) is 0 Å². The van der Waals surface area contributed by atoms with E-state index in [1.54, 1.807) is 4.90 Å². The van der Waals surface area contributed by atoms with Crippen molar-refractivity contribution in [3.8, 4) is 0 Å². The summed E-state index contributed by atoms with van der Waals surface area (Å²) in [5.41, 5.74) is 3.11. The molecule has 2 aliphatic heterocycles. The summed E-state index contributed by atoms with van der Waals surface area (Å²) in [6.45, 7) is 3.92. The summed E-state index contributed by atoms with van der Waals surface area (Å²) < 4.78 is 0. The molecule has 2 amide bonds. The highest BCUT2D eigenvalue weighted by molar-refractivity contribution is 8.00. The van der Waals surface area contributed by atoms with Crippen LogP contribution in [0.1, 0.15) is 5.56 Å². The SMILES string of the molecule is O=C(CN1C(=O)CSc2ccccc21)N1CCN(Cc2cccc3cccnc23)CC1. The van der Waals surface area contributed by atoms with Crippen molar-refractivity contribution >= 4 is 40.2 Å². The van der Waals surface area contributed by atoms with Gasteiger partial charge in [0.15, 0.2) is 0 Å². The number of carbonyl (C=O) groups is 2. The molecule has 1 aromatic heterocycles. The molecule has 31 heavy (non-hydrogen) atoms. The van der Waals surface area contributed by atoms with Crippen LogP contribution in [0.3, 0.4) is 0 Å². The van der Waals surface area contributed by atoms with Gasteiger partial charge in [-0.2, -0.15) is 0 Å². The second kappa shape index (κ2) is 8.69. The van der Waals surface area contributed by atoms with E-state index in [1.807, 2.05) is 41.4 Å². The van der Waals surface area contributed by atoms with Gasteiger partial charge in [-0.25, -0.2) is 0 Å². The highest BCUT2D eigenvalue weighted by Crippen LogP contribution is 2.34. The molecule has 1 fully saturated rings. The number of rotatable bonds is 4. The number of thioether (sulfide) groups is 1. The highest BCUT2D eigenvalue weighted by atomic mass is 32.2. The molecule has 6 nitrogen and oxygen atoms in total. The van der Waals surface area contributed by atoms with Crippen molar-refractivity contribution in [2.75, 3.05) is 43.4 Å². The number of pyridine rings is 1. The number of para-hydroxylation sites is 2. The van der Waals surface area contributed by atoms with E-state index in [9.17, 15) is 9.59 Å². The second-order valence-electron chi connectivity index (χ2n) is 7.89. The number of amides is 2. The largest absolute Gasteiger partial charge is 0.339 e. The first-order valence-corrected chi connectivity index (χ1v) is 11.5. The molecule has 0 spiro atoms. The third-order valence-electron chi connectivity index (χ3n) is 5.94. The zero-order valence-corrected chi connectivity index (χ0v) is 18.1. The highest BCUT2D eigenvalue weighted by Gasteiger charge is 2.29. The lowest BCUT2D eigenvalue weighted by molar-refractivity contribution is -0.132. The lowest BCUT2D eigenvalue weighted by Gasteiger charge is -2.36. The van der Waals surface area contributed by atoms with Crippen molar-refractivity contribution in [2.24, 2.45) is 0 Å². The van der Waals surface area contributed by atoms with Crippen LogP contribution in [0.25, 0.3) is 10.9 Å². The van der Waals surface area contributed by atoms with Gasteiger partial charge >= 0.3 is 0 Å². The maximum Gasteiger partial charge on any atom is 0.242 e. The quantitative estimate of drug-likeness (QED) is 0.634. The second-order valence-corrected chi connectivity index (χ2v) is 8.90. The molecule has 158 valence electrons. The predicted octanol–water partition coefficient (Wildman–Crippen LogP) is 3.02. The fourth-order valence-electron chi connectivity index (χ4n) is 4.25. The van der Waals surface area contributed by atoms with E-state index in [4.69, 9.17) is 0 Å². The zero-order valence-electron chi connectivity index (χ0n) is 17.2. The number of carbonyl (C=O) groups excluding carboxylic acids is 2. The van der Waals surface area contributed by atoms with E-state index >= 15 is 0 Å². The number of hydrogen-bond acceptors (Lipinski definition) is 5. The summed E-state index contributed by atoms with van der Waals surface area (Å²) in [4.78, 5) is 36.9. The normalized spacial score (nSPS) is 17.1. The third kappa shape index (κ3) is 4.16. The molecule has 0 atom stereocenters. The molecule has 0 unspecified atom stereocenters. The molecule has 0 saturated carbocycles. The van der Waals surface area contributed by atoms with Crippen LogP contribution < -0.4 is 4.90 Å². The van der Waals surface area contributed by atoms with Crippen molar-refractivity contribution in [1.29, 1.82) is 0 Å². The Labute approximate surface area is 185 Å². The number of hydrogen-bond donors (Lipinski definition) is 0. The van der Waals surface area contributed by atoms with E-state index in [0.717, 1.165) is 41.1 Å². The van der Waals surface area contributed by atoms with Gasteiger partial charge in [-0.05, 0) is 23.8 Å². The molecule has 7 heteroatoms. The van der Waals surface area contributed by atoms with Crippen molar-refractivity contribution in [2.45, 2.75) is 11.4 Å². The molecular weight excluding hydrogens is 408 g/mol. The average Bonchev–Trinajstić information content (AvgIpc) is 2.81. The van der Waals surface area contributed by atoms with Crippen LogP contribution in [0.2, 0.25) is 0 Å². The zero-order chi connectivity index (χ0) is 21.2. The van der Waals surface area contributed by atoms with Gasteiger partial charge in [0.2, 0.25) is 11.8 Å². The van der Waals surface area contributed by atoms with Crippen LogP contribution in [0.4, 0.5) is 5.69 Å². The number of aromatic nitrogens is 1. The summed E-state index contributed by atoms with van der Waals surface area (Å²) in [5.74, 6) is 0.401. The molecule has 5 rings (SSSR count). The van der Waals surface area contributed by atoms with E-state index in [1.165, 1.54) is 17.3 Å². The Hall–Kier alpha value is -2.90. The smallest absolute Gasteiger partial charge is 0.242 e. The lowest BCUT2D eigenvalue weighted by Crippen LogP contribution is -2.52. The summed E-state index contributed by atoms with van der Waals surface area (Å²) in [6.07, 6.45) is 1.83. The van der Waals surface area contributed by atoms with Gasteiger partial charge in [0.05, 0.1) is 17.0 Å². The molecular formula is C24H24N4O2S. The predicted molar refractivity (Wildman–Crippen MR) is 123 cm³/mol. The van der Waals surface area contributed by atoms with Gasteiger partial charge in [-0.3, -0.25) is 19.5 Å². The first kappa shape index (κ1) is 20.0. The standard InChI is InChI=1S/C24H24N4O2S/c29-22(16-28-20-8-1-2-9-21(20)31-17-23(28)30)27-13-11-26(12-14-27)15-19-6-3-5-18-7-4-10-25-24(18)19/h1-10H,11-17H2. The van der Waals surface area contributed by atoms with Gasteiger partial charge < -0.3 is 9.80 Å². The Morgan fingerprint density at radius 2 is 1.77 bits per heavy atom. The minimum Gasteiger partial charge on any atom is -0.339 e. The van der Waals surface area contributed by atoms with Crippen LogP contribution in [0, 0.1) is 0 Å². The van der Waals surface area contributed by atoms with E-state index < -0.39 is 0 Å². The summed E-state index contributed by atoms with van der Waals surface area (Å²) in [6, 6.07) is 18.1. The van der Waals surface area contributed by atoms with E-state index in [2.05, 4.69) is 34.1 Å². The Balaban J connectivity index is 1.21. The summed E-state index contributed by atoms with van der Waals surface area (Å²) >= 11 is 1.54. The number of nitrogens with zero attached hydrogens (tertiary/aromatic N) is 4. The van der Waals surface area contributed by atoms with Gasteiger partial charge in [-0.15, -0.1) is 11.8 Å². The minimum absolute atomic E-state index is 0.000795. The maximum atomic E-state index is 13.0. The Bertz CT molecular complexity index is 1120. The topological polar surface area (TPSA) is 56.8 Å². The van der Waals surface area contributed by atoms with Crippen LogP contribution in [-0.2, 0) is 16.1 Å². The molecule has 0 N–H and O–H groups in total. The number of fused-ring (bicyclic) bond motifs is 2. The van der Waals surface area contributed by atoms with Gasteiger partial charge in [-0.1, -0.05) is 36.4 Å². The van der Waals surface area contributed by atoms with E-state index in [0.29, 0.717) is 18.8 Å². The molecule has 0 bridgehead atoms.